The zero-order valence-corrected chi connectivity index (χ0v) is 11.0. The van der Waals surface area contributed by atoms with E-state index < -0.39 is 6.09 Å². The van der Waals surface area contributed by atoms with E-state index in [1.165, 1.54) is 0 Å². The number of carbonyl (C=O) groups is 1. The Kier molecular flexibility index (Phi) is 4.12. The summed E-state index contributed by atoms with van der Waals surface area (Å²) in [5.74, 6) is 1.27. The molecule has 6 heteroatoms. The topological polar surface area (TPSA) is 69.0 Å². The van der Waals surface area contributed by atoms with E-state index in [0.29, 0.717) is 24.7 Å². The predicted molar refractivity (Wildman–Crippen MR) is 70.4 cm³/mol. The number of nitrogens with zero attached hydrogens (tertiary/aromatic N) is 3. The van der Waals surface area contributed by atoms with Gasteiger partial charge in [-0.25, -0.2) is 14.9 Å². The van der Waals surface area contributed by atoms with Crippen molar-refractivity contribution in [2.24, 2.45) is 0 Å². The van der Waals surface area contributed by atoms with Crippen LogP contribution in [0.3, 0.4) is 0 Å². The van der Waals surface area contributed by atoms with Crippen LogP contribution >= 0.6 is 0 Å². The van der Waals surface area contributed by atoms with Gasteiger partial charge in [-0.05, 0) is 19.4 Å². The first-order valence-corrected chi connectivity index (χ1v) is 6.09. The molecule has 0 radical (unpaired) electrons. The van der Waals surface area contributed by atoms with E-state index in [1.54, 1.807) is 18.5 Å². The molecule has 2 rings (SSSR count). The van der Waals surface area contributed by atoms with Crippen molar-refractivity contribution in [1.82, 2.24) is 14.9 Å². The third-order valence-corrected chi connectivity index (χ3v) is 2.58. The third-order valence-electron chi connectivity index (χ3n) is 2.58. The summed E-state index contributed by atoms with van der Waals surface area (Å²) in [6, 6.07) is 9.87. The first-order chi connectivity index (χ1) is 9.20. The van der Waals surface area contributed by atoms with Gasteiger partial charge in [-0.1, -0.05) is 30.3 Å². The number of nitrogens with one attached hydrogen (secondary N) is 1. The van der Waals surface area contributed by atoms with Crippen molar-refractivity contribution in [1.29, 1.82) is 0 Å². The Bertz CT molecular complexity index is 551. The van der Waals surface area contributed by atoms with E-state index in [2.05, 4.69) is 15.6 Å². The normalized spacial score (nSPS) is 10.2. The number of rotatable bonds is 4. The molecule has 0 aliphatic heterocycles. The summed E-state index contributed by atoms with van der Waals surface area (Å²) in [6.07, 6.45) is 0.0772. The number of hydrogen-bond donors (Lipinski definition) is 1. The van der Waals surface area contributed by atoms with Gasteiger partial charge in [0.15, 0.2) is 5.82 Å². The molecule has 0 atom stereocenters. The molecule has 0 saturated heterocycles. The Morgan fingerprint density at radius 1 is 1.32 bits per heavy atom. The molecule has 2 aromatic rings. The molecule has 19 heavy (non-hydrogen) atoms. The maximum atomic E-state index is 11.5. The second-order valence-electron chi connectivity index (χ2n) is 3.99. The summed E-state index contributed by atoms with van der Waals surface area (Å²) in [5, 5.41) is 8.04. The van der Waals surface area contributed by atoms with Gasteiger partial charge >= 0.3 is 6.09 Å². The highest BCUT2D eigenvalue weighted by atomic mass is 16.6. The predicted octanol–water partition coefficient (Wildman–Crippen LogP) is 1.88. The van der Waals surface area contributed by atoms with E-state index in [4.69, 9.17) is 4.74 Å². The molecule has 0 unspecified atom stereocenters. The number of ether oxygens (including phenoxy) is 1. The fourth-order valence-corrected chi connectivity index (χ4v) is 1.70. The van der Waals surface area contributed by atoms with Crippen LogP contribution in [0.4, 0.5) is 4.79 Å². The van der Waals surface area contributed by atoms with Gasteiger partial charge in [0.05, 0.1) is 6.61 Å². The minimum absolute atomic E-state index is 0.320. The maximum Gasteiger partial charge on any atom is 0.426 e. The van der Waals surface area contributed by atoms with Gasteiger partial charge in [0.25, 0.3) is 0 Å². The number of amides is 1. The molecule has 1 aromatic heterocycles. The average Bonchev–Trinajstić information content (AvgIpc) is 2.73. The molecule has 0 fully saturated rings. The van der Waals surface area contributed by atoms with Crippen LogP contribution in [0.15, 0.2) is 30.3 Å². The fraction of sp³-hybridized carbons (Fsp3) is 0.308. The van der Waals surface area contributed by atoms with E-state index in [-0.39, 0.29) is 0 Å². The molecular formula is C13H16N4O2. The van der Waals surface area contributed by atoms with Crippen molar-refractivity contribution in [2.45, 2.75) is 20.3 Å². The van der Waals surface area contributed by atoms with E-state index in [0.717, 1.165) is 5.56 Å². The number of aryl methyl sites for hydroxylation is 1. The second kappa shape index (κ2) is 5.99. The standard InChI is InChI=1S/C13H16N4O2/c1-3-19-13(18)16-17-10(2)14-15-12(17)9-11-7-5-4-6-8-11/h4-8H,3,9H2,1-2H3,(H,16,18). The molecule has 1 N–H and O–H groups in total. The molecule has 100 valence electrons. The lowest BCUT2D eigenvalue weighted by molar-refractivity contribution is 0.164. The highest BCUT2D eigenvalue weighted by molar-refractivity contribution is 5.75. The summed E-state index contributed by atoms with van der Waals surface area (Å²) in [6.45, 7) is 3.85. The van der Waals surface area contributed by atoms with Crippen molar-refractivity contribution < 1.29 is 9.53 Å². The lowest BCUT2D eigenvalue weighted by Gasteiger charge is -2.10. The van der Waals surface area contributed by atoms with Crippen LogP contribution in [0.2, 0.25) is 0 Å². The van der Waals surface area contributed by atoms with E-state index in [1.807, 2.05) is 30.3 Å². The van der Waals surface area contributed by atoms with Gasteiger partial charge < -0.3 is 4.74 Å². The Hall–Kier alpha value is -2.37. The van der Waals surface area contributed by atoms with Crippen LogP contribution in [0.5, 0.6) is 0 Å². The smallest absolute Gasteiger partial charge is 0.426 e. The molecule has 0 aliphatic carbocycles. The summed E-state index contributed by atoms with van der Waals surface area (Å²) in [5.41, 5.74) is 3.71. The average molecular weight is 260 g/mol. The number of benzene rings is 1. The summed E-state index contributed by atoms with van der Waals surface area (Å²) >= 11 is 0. The van der Waals surface area contributed by atoms with Crippen molar-refractivity contribution >= 4 is 6.09 Å². The molecule has 1 heterocycles. The van der Waals surface area contributed by atoms with Gasteiger partial charge in [-0.3, -0.25) is 0 Å². The van der Waals surface area contributed by atoms with Crippen LogP contribution < -0.4 is 5.43 Å². The summed E-state index contributed by atoms with van der Waals surface area (Å²) < 4.78 is 6.40. The Labute approximate surface area is 111 Å². The highest BCUT2D eigenvalue weighted by Crippen LogP contribution is 2.07. The number of hydrogen-bond acceptors (Lipinski definition) is 4. The van der Waals surface area contributed by atoms with Crippen LogP contribution in [0.1, 0.15) is 24.1 Å². The maximum absolute atomic E-state index is 11.5. The third kappa shape index (κ3) is 3.31. The largest absolute Gasteiger partial charge is 0.449 e. The second-order valence-corrected chi connectivity index (χ2v) is 3.99. The highest BCUT2D eigenvalue weighted by Gasteiger charge is 2.12. The van der Waals surface area contributed by atoms with Gasteiger partial charge in [0.1, 0.15) is 5.82 Å². The minimum atomic E-state index is -0.514. The number of aromatic nitrogens is 3. The summed E-state index contributed by atoms with van der Waals surface area (Å²) in [4.78, 5) is 11.5. The van der Waals surface area contributed by atoms with Crippen molar-refractivity contribution in [3.05, 3.63) is 47.5 Å². The molecule has 0 saturated carbocycles. The van der Waals surface area contributed by atoms with E-state index in [9.17, 15) is 4.79 Å². The van der Waals surface area contributed by atoms with Gasteiger partial charge in [-0.15, -0.1) is 10.2 Å². The monoisotopic (exact) mass is 260 g/mol. The van der Waals surface area contributed by atoms with Crippen molar-refractivity contribution in [3.63, 3.8) is 0 Å². The van der Waals surface area contributed by atoms with Crippen molar-refractivity contribution in [3.8, 4) is 0 Å². The quantitative estimate of drug-likeness (QED) is 0.911. The molecule has 0 aliphatic rings. The van der Waals surface area contributed by atoms with E-state index >= 15 is 0 Å². The molecule has 0 spiro atoms. The van der Waals surface area contributed by atoms with Crippen LogP contribution in [0.25, 0.3) is 0 Å². The van der Waals surface area contributed by atoms with Crippen LogP contribution in [-0.2, 0) is 11.2 Å². The van der Waals surface area contributed by atoms with Crippen LogP contribution in [0, 0.1) is 6.92 Å². The summed E-state index contributed by atoms with van der Waals surface area (Å²) in [7, 11) is 0. The first kappa shape index (κ1) is 13.1. The van der Waals surface area contributed by atoms with Gasteiger partial charge in [-0.2, -0.15) is 0 Å². The fourth-order valence-electron chi connectivity index (χ4n) is 1.70. The molecule has 0 bridgehead atoms. The molecular weight excluding hydrogens is 244 g/mol. The van der Waals surface area contributed by atoms with Crippen LogP contribution in [-0.4, -0.2) is 27.6 Å². The Balaban J connectivity index is 2.15. The lowest BCUT2D eigenvalue weighted by Crippen LogP contribution is -2.26. The first-order valence-electron chi connectivity index (χ1n) is 6.09. The Morgan fingerprint density at radius 3 is 2.74 bits per heavy atom. The molecule has 1 aromatic carbocycles. The molecule has 1 amide bonds. The SMILES string of the molecule is CCOC(=O)Nn1c(C)nnc1Cc1ccccc1. The zero-order chi connectivity index (χ0) is 13.7. The minimum Gasteiger partial charge on any atom is -0.449 e. The Morgan fingerprint density at radius 2 is 2.05 bits per heavy atom. The molecule has 6 nitrogen and oxygen atoms in total. The number of carbonyl (C=O) groups excluding carboxylic acids is 1. The zero-order valence-electron chi connectivity index (χ0n) is 11.0. The van der Waals surface area contributed by atoms with Gasteiger partial charge in [0, 0.05) is 6.42 Å². The van der Waals surface area contributed by atoms with Gasteiger partial charge in [0.2, 0.25) is 0 Å². The lowest BCUT2D eigenvalue weighted by atomic mass is 10.1. The van der Waals surface area contributed by atoms with Crippen molar-refractivity contribution in [2.75, 3.05) is 12.0 Å².